The van der Waals surface area contributed by atoms with Crippen LogP contribution in [0.3, 0.4) is 0 Å². The fourth-order valence-corrected chi connectivity index (χ4v) is 1.93. The molecule has 1 heterocycles. The molecule has 1 aromatic carbocycles. The maximum absolute atomic E-state index is 12.0. The fraction of sp³-hybridized carbons (Fsp3) is 0.231. The Labute approximate surface area is 109 Å². The van der Waals surface area contributed by atoms with E-state index in [1.54, 1.807) is 13.0 Å². The molecule has 2 aromatic rings. The minimum absolute atomic E-state index is 0.326. The van der Waals surface area contributed by atoms with Gasteiger partial charge in [0.05, 0.1) is 12.1 Å². The summed E-state index contributed by atoms with van der Waals surface area (Å²) in [5.74, 6) is -1.77. The highest BCUT2D eigenvalue weighted by molar-refractivity contribution is 6.08. The van der Waals surface area contributed by atoms with Crippen LogP contribution in [0.4, 0.5) is 0 Å². The number of hydrogen-bond donors (Lipinski definition) is 4. The number of benzene rings is 1. The third-order valence-electron chi connectivity index (χ3n) is 2.86. The number of aryl methyl sites for hydroxylation is 1. The highest BCUT2D eigenvalue weighted by Gasteiger charge is 2.18. The van der Waals surface area contributed by atoms with Crippen LogP contribution in [0.1, 0.15) is 16.1 Å². The molecule has 1 atom stereocenters. The molecule has 6 nitrogen and oxygen atoms in total. The Hall–Kier alpha value is -2.34. The molecular weight excluding hydrogens is 248 g/mol. The van der Waals surface area contributed by atoms with E-state index in [4.69, 9.17) is 10.2 Å². The maximum Gasteiger partial charge on any atom is 0.334 e. The Morgan fingerprint density at radius 3 is 2.74 bits per heavy atom. The number of aromatic amines is 1. The van der Waals surface area contributed by atoms with E-state index >= 15 is 0 Å². The number of aliphatic carboxylic acids is 1. The van der Waals surface area contributed by atoms with E-state index in [0.717, 1.165) is 10.9 Å². The Bertz CT molecular complexity index is 633. The van der Waals surface area contributed by atoms with Crippen molar-refractivity contribution in [3.8, 4) is 0 Å². The van der Waals surface area contributed by atoms with Gasteiger partial charge in [-0.15, -0.1) is 0 Å². The van der Waals surface area contributed by atoms with Crippen LogP contribution in [-0.2, 0) is 4.79 Å². The molecule has 0 aliphatic heterocycles. The van der Waals surface area contributed by atoms with E-state index in [2.05, 4.69) is 10.3 Å². The van der Waals surface area contributed by atoms with Gasteiger partial charge < -0.3 is 20.5 Å². The monoisotopic (exact) mass is 262 g/mol. The zero-order chi connectivity index (χ0) is 14.0. The number of carbonyl (C=O) groups is 2. The summed E-state index contributed by atoms with van der Waals surface area (Å²) in [6, 6.07) is 7.33. The average molecular weight is 262 g/mol. The van der Waals surface area contributed by atoms with Crippen molar-refractivity contribution in [1.82, 2.24) is 10.3 Å². The van der Waals surface area contributed by atoms with Gasteiger partial charge in [-0.05, 0) is 13.0 Å². The Morgan fingerprint density at radius 2 is 2.05 bits per heavy atom. The van der Waals surface area contributed by atoms with Gasteiger partial charge in [0, 0.05) is 16.6 Å². The summed E-state index contributed by atoms with van der Waals surface area (Å²) >= 11 is 0. The molecule has 6 heteroatoms. The smallest absolute Gasteiger partial charge is 0.334 e. The summed E-state index contributed by atoms with van der Waals surface area (Å²) in [7, 11) is 0. The summed E-state index contributed by atoms with van der Waals surface area (Å²) in [6.07, 6.45) is -1.60. The second-order valence-electron chi connectivity index (χ2n) is 4.23. The van der Waals surface area contributed by atoms with Gasteiger partial charge in [-0.2, -0.15) is 0 Å². The maximum atomic E-state index is 12.0. The molecule has 19 heavy (non-hydrogen) atoms. The van der Waals surface area contributed by atoms with Gasteiger partial charge in [-0.25, -0.2) is 4.79 Å². The minimum atomic E-state index is -1.60. The molecule has 0 saturated carbocycles. The molecule has 0 aliphatic carbocycles. The number of aromatic nitrogens is 1. The number of rotatable bonds is 4. The van der Waals surface area contributed by atoms with Gasteiger partial charge in [0.2, 0.25) is 0 Å². The molecule has 0 saturated heterocycles. The van der Waals surface area contributed by atoms with E-state index in [9.17, 15) is 9.59 Å². The first-order valence-electron chi connectivity index (χ1n) is 5.77. The standard InChI is InChI=1S/C13H14N2O4/c1-7-11(8-4-2-3-5-9(8)15-7)12(17)14-6-10(16)13(18)19/h2-5,10,15-16H,6H2,1H3,(H,14,17)(H,18,19)/t10-/m0/s1. The topological polar surface area (TPSA) is 102 Å². The van der Waals surface area contributed by atoms with Crippen molar-refractivity contribution in [3.05, 3.63) is 35.5 Å². The van der Waals surface area contributed by atoms with Crippen LogP contribution < -0.4 is 5.32 Å². The lowest BCUT2D eigenvalue weighted by Crippen LogP contribution is -2.36. The van der Waals surface area contributed by atoms with Crippen LogP contribution >= 0.6 is 0 Å². The van der Waals surface area contributed by atoms with Gasteiger partial charge in [0.25, 0.3) is 5.91 Å². The zero-order valence-corrected chi connectivity index (χ0v) is 10.3. The van der Waals surface area contributed by atoms with Crippen molar-refractivity contribution in [2.24, 2.45) is 0 Å². The van der Waals surface area contributed by atoms with Crippen LogP contribution in [0.15, 0.2) is 24.3 Å². The first kappa shape index (κ1) is 13.1. The molecule has 1 amide bonds. The predicted octanol–water partition coefficient (Wildman–Crippen LogP) is 0.652. The predicted molar refractivity (Wildman–Crippen MR) is 69.0 cm³/mol. The number of carbonyl (C=O) groups excluding carboxylic acids is 1. The minimum Gasteiger partial charge on any atom is -0.479 e. The van der Waals surface area contributed by atoms with Crippen LogP contribution in [0.5, 0.6) is 0 Å². The summed E-state index contributed by atoms with van der Waals surface area (Å²) in [5.41, 5.74) is 2.00. The molecule has 0 fully saturated rings. The lowest BCUT2D eigenvalue weighted by atomic mass is 10.1. The molecule has 4 N–H and O–H groups in total. The summed E-state index contributed by atoms with van der Waals surface area (Å²) in [6.45, 7) is 1.44. The van der Waals surface area contributed by atoms with Crippen molar-refractivity contribution in [2.75, 3.05) is 6.54 Å². The van der Waals surface area contributed by atoms with Crippen molar-refractivity contribution in [3.63, 3.8) is 0 Å². The van der Waals surface area contributed by atoms with Gasteiger partial charge in [-0.3, -0.25) is 4.79 Å². The first-order chi connectivity index (χ1) is 9.00. The molecule has 0 radical (unpaired) electrons. The largest absolute Gasteiger partial charge is 0.479 e. The fourth-order valence-electron chi connectivity index (χ4n) is 1.93. The second-order valence-corrected chi connectivity index (χ2v) is 4.23. The Morgan fingerprint density at radius 1 is 1.37 bits per heavy atom. The summed E-state index contributed by atoms with van der Waals surface area (Å²) in [5, 5.41) is 20.9. The zero-order valence-electron chi connectivity index (χ0n) is 10.3. The lowest BCUT2D eigenvalue weighted by molar-refractivity contribution is -0.146. The molecule has 0 unspecified atom stereocenters. The van der Waals surface area contributed by atoms with Crippen LogP contribution in [0.2, 0.25) is 0 Å². The van der Waals surface area contributed by atoms with Crippen LogP contribution in [-0.4, -0.2) is 39.7 Å². The van der Waals surface area contributed by atoms with E-state index in [1.807, 2.05) is 18.2 Å². The Balaban J connectivity index is 2.22. The third-order valence-corrected chi connectivity index (χ3v) is 2.86. The highest BCUT2D eigenvalue weighted by atomic mass is 16.4. The Kier molecular flexibility index (Phi) is 3.52. The molecular formula is C13H14N2O4. The number of H-pyrrole nitrogens is 1. The van der Waals surface area contributed by atoms with Crippen molar-refractivity contribution >= 4 is 22.8 Å². The normalized spacial score (nSPS) is 12.3. The van der Waals surface area contributed by atoms with E-state index in [-0.39, 0.29) is 6.54 Å². The van der Waals surface area contributed by atoms with Crippen molar-refractivity contribution in [1.29, 1.82) is 0 Å². The SMILES string of the molecule is Cc1[nH]c2ccccc2c1C(=O)NC[C@H](O)C(=O)O. The number of aliphatic hydroxyl groups excluding tert-OH is 1. The molecule has 0 aliphatic rings. The highest BCUT2D eigenvalue weighted by Crippen LogP contribution is 2.21. The number of amides is 1. The van der Waals surface area contributed by atoms with Gasteiger partial charge in [0.15, 0.2) is 6.10 Å². The molecule has 0 bridgehead atoms. The number of aliphatic hydroxyl groups is 1. The third kappa shape index (κ3) is 2.58. The van der Waals surface area contributed by atoms with Gasteiger partial charge in [-0.1, -0.05) is 18.2 Å². The number of carboxylic acid groups (broad SMARTS) is 1. The quantitative estimate of drug-likeness (QED) is 0.649. The molecule has 2 rings (SSSR count). The molecule has 0 spiro atoms. The number of para-hydroxylation sites is 1. The number of hydrogen-bond acceptors (Lipinski definition) is 3. The van der Waals surface area contributed by atoms with Crippen molar-refractivity contribution in [2.45, 2.75) is 13.0 Å². The van der Waals surface area contributed by atoms with E-state index in [1.165, 1.54) is 0 Å². The van der Waals surface area contributed by atoms with Crippen LogP contribution in [0.25, 0.3) is 10.9 Å². The average Bonchev–Trinajstić information content (AvgIpc) is 2.71. The summed E-state index contributed by atoms with van der Waals surface area (Å²) in [4.78, 5) is 25.6. The second kappa shape index (κ2) is 5.11. The first-order valence-corrected chi connectivity index (χ1v) is 5.77. The van der Waals surface area contributed by atoms with Gasteiger partial charge >= 0.3 is 5.97 Å². The number of nitrogens with one attached hydrogen (secondary N) is 2. The number of fused-ring (bicyclic) bond motifs is 1. The number of carboxylic acids is 1. The molecule has 100 valence electrons. The van der Waals surface area contributed by atoms with E-state index < -0.39 is 18.0 Å². The van der Waals surface area contributed by atoms with Gasteiger partial charge in [0.1, 0.15) is 0 Å². The molecule has 1 aromatic heterocycles. The summed E-state index contributed by atoms with van der Waals surface area (Å²) < 4.78 is 0. The van der Waals surface area contributed by atoms with Crippen LogP contribution in [0, 0.1) is 6.92 Å². The lowest BCUT2D eigenvalue weighted by Gasteiger charge is -2.07. The van der Waals surface area contributed by atoms with E-state index in [0.29, 0.717) is 11.3 Å². The van der Waals surface area contributed by atoms with Crippen molar-refractivity contribution < 1.29 is 19.8 Å².